The summed E-state index contributed by atoms with van der Waals surface area (Å²) in [7, 11) is 0. The molecule has 1 atom stereocenters. The molecule has 0 aromatic heterocycles. The van der Waals surface area contributed by atoms with Crippen molar-refractivity contribution < 1.29 is 27.9 Å². The van der Waals surface area contributed by atoms with E-state index in [1.807, 2.05) is 0 Å². The van der Waals surface area contributed by atoms with E-state index >= 15 is 0 Å². The summed E-state index contributed by atoms with van der Waals surface area (Å²) < 4.78 is 34.2. The first-order chi connectivity index (χ1) is 5.33. The minimum absolute atomic E-state index is 1.16. The van der Waals surface area contributed by atoms with Gasteiger partial charge >= 0.3 is 12.1 Å². The predicted molar refractivity (Wildman–Crippen MR) is 32.2 cm³/mol. The van der Waals surface area contributed by atoms with Crippen LogP contribution in [-0.4, -0.2) is 29.9 Å². The van der Waals surface area contributed by atoms with Crippen molar-refractivity contribution in [1.82, 2.24) is 5.48 Å². The maximum absolute atomic E-state index is 11.4. The lowest BCUT2D eigenvalue weighted by molar-refractivity contribution is -0.194. The van der Waals surface area contributed by atoms with Crippen molar-refractivity contribution in [3.05, 3.63) is 0 Å². The van der Waals surface area contributed by atoms with E-state index in [0.29, 0.717) is 0 Å². The highest BCUT2D eigenvalue weighted by Crippen LogP contribution is 2.13. The summed E-state index contributed by atoms with van der Waals surface area (Å²) in [5.74, 6) is -1.28. The van der Waals surface area contributed by atoms with Gasteiger partial charge in [0.1, 0.15) is 6.04 Å². The molecule has 0 aromatic carbocycles. The van der Waals surface area contributed by atoms with Gasteiger partial charge in [-0.25, -0.2) is 0 Å². The Hall–Kier alpha value is -0.820. The van der Waals surface area contributed by atoms with E-state index in [9.17, 15) is 18.0 Å². The van der Waals surface area contributed by atoms with Crippen LogP contribution in [0.3, 0.4) is 0 Å². The molecule has 1 unspecified atom stereocenters. The molecule has 0 radical (unpaired) electrons. The maximum atomic E-state index is 11.4. The van der Waals surface area contributed by atoms with E-state index in [1.54, 1.807) is 5.48 Å². The average molecular weight is 187 g/mol. The summed E-state index contributed by atoms with van der Waals surface area (Å²) >= 11 is 0. The molecule has 7 heteroatoms. The second kappa shape index (κ2) is 4.27. The first-order valence-corrected chi connectivity index (χ1v) is 3.00. The molecule has 0 heterocycles. The number of nitrogens with one attached hydrogen (secondary N) is 1. The number of halogens is 3. The van der Waals surface area contributed by atoms with Crippen LogP contribution in [0, 0.1) is 0 Å². The van der Waals surface area contributed by atoms with E-state index in [4.69, 9.17) is 5.11 Å². The monoisotopic (exact) mass is 187 g/mol. The van der Waals surface area contributed by atoms with Crippen LogP contribution < -0.4 is 5.48 Å². The van der Waals surface area contributed by atoms with Gasteiger partial charge in [0.15, 0.2) is 6.61 Å². The highest BCUT2D eigenvalue weighted by atomic mass is 19.4. The van der Waals surface area contributed by atoms with E-state index in [1.165, 1.54) is 6.92 Å². The fourth-order valence-corrected chi connectivity index (χ4v) is 0.299. The first-order valence-electron chi connectivity index (χ1n) is 3.00. The van der Waals surface area contributed by atoms with Crippen LogP contribution in [0.4, 0.5) is 13.2 Å². The molecule has 0 spiro atoms. The second-order valence-electron chi connectivity index (χ2n) is 2.08. The molecule has 0 aliphatic rings. The third-order valence-electron chi connectivity index (χ3n) is 0.866. The van der Waals surface area contributed by atoms with Crippen LogP contribution in [0.1, 0.15) is 6.92 Å². The van der Waals surface area contributed by atoms with Crippen molar-refractivity contribution in [2.24, 2.45) is 0 Å². The normalized spacial score (nSPS) is 14.3. The van der Waals surface area contributed by atoms with Gasteiger partial charge < -0.3 is 5.11 Å². The van der Waals surface area contributed by atoms with Crippen molar-refractivity contribution >= 4 is 5.97 Å². The van der Waals surface area contributed by atoms with Gasteiger partial charge in [0.25, 0.3) is 0 Å². The van der Waals surface area contributed by atoms with Crippen LogP contribution in [0.15, 0.2) is 0 Å². The van der Waals surface area contributed by atoms with Gasteiger partial charge in [-0.05, 0) is 6.92 Å². The molecule has 4 nitrogen and oxygen atoms in total. The average Bonchev–Trinajstić information content (AvgIpc) is 1.84. The van der Waals surface area contributed by atoms with Crippen molar-refractivity contribution in [2.75, 3.05) is 6.61 Å². The molecular weight excluding hydrogens is 179 g/mol. The van der Waals surface area contributed by atoms with Crippen LogP contribution in [0.2, 0.25) is 0 Å². The summed E-state index contributed by atoms with van der Waals surface area (Å²) in [6, 6.07) is -1.16. The molecule has 0 saturated carbocycles. The molecule has 0 aromatic rings. The van der Waals surface area contributed by atoms with E-state index in [0.717, 1.165) is 0 Å². The predicted octanol–water partition coefficient (Wildman–Crippen LogP) is 0.543. The Morgan fingerprint density at radius 1 is 1.67 bits per heavy atom. The van der Waals surface area contributed by atoms with Gasteiger partial charge in [0.05, 0.1) is 0 Å². The smallest absolute Gasteiger partial charge is 0.413 e. The largest absolute Gasteiger partial charge is 0.480 e. The fourth-order valence-electron chi connectivity index (χ4n) is 0.299. The molecule has 0 aliphatic carbocycles. The number of carboxylic acid groups (broad SMARTS) is 1. The Morgan fingerprint density at radius 3 is 2.50 bits per heavy atom. The van der Waals surface area contributed by atoms with Crippen molar-refractivity contribution in [3.63, 3.8) is 0 Å². The Labute approximate surface area is 66.3 Å². The zero-order chi connectivity index (χ0) is 9.78. The number of carbonyl (C=O) groups is 1. The van der Waals surface area contributed by atoms with Crippen LogP contribution in [0.25, 0.3) is 0 Å². The number of hydrogen-bond donors (Lipinski definition) is 2. The van der Waals surface area contributed by atoms with Gasteiger partial charge in [0.2, 0.25) is 0 Å². The van der Waals surface area contributed by atoms with Crippen molar-refractivity contribution in [2.45, 2.75) is 19.1 Å². The van der Waals surface area contributed by atoms with Crippen molar-refractivity contribution in [1.29, 1.82) is 0 Å². The molecule has 0 amide bonds. The lowest BCUT2D eigenvalue weighted by atomic mass is 10.4. The topological polar surface area (TPSA) is 58.6 Å². The summed E-state index contributed by atoms with van der Waals surface area (Å²) in [6.45, 7) is -0.344. The Balaban J connectivity index is 3.51. The number of alkyl halides is 3. The summed E-state index contributed by atoms with van der Waals surface area (Å²) in [5.41, 5.74) is 1.72. The molecule has 0 fully saturated rings. The zero-order valence-electron chi connectivity index (χ0n) is 6.18. The summed E-state index contributed by atoms with van der Waals surface area (Å²) in [5, 5.41) is 8.19. The van der Waals surface area contributed by atoms with Gasteiger partial charge in [-0.2, -0.15) is 18.7 Å². The molecule has 0 rings (SSSR count). The summed E-state index contributed by atoms with van der Waals surface area (Å²) in [6.07, 6.45) is -4.45. The fraction of sp³-hybridized carbons (Fsp3) is 0.800. The summed E-state index contributed by atoms with van der Waals surface area (Å²) in [4.78, 5) is 13.9. The number of hydrogen-bond acceptors (Lipinski definition) is 3. The SMILES string of the molecule is CC(NOCC(F)(F)F)C(=O)O. The lowest BCUT2D eigenvalue weighted by Crippen LogP contribution is -2.36. The molecule has 2 N–H and O–H groups in total. The van der Waals surface area contributed by atoms with Gasteiger partial charge in [-0.15, -0.1) is 0 Å². The van der Waals surface area contributed by atoms with Gasteiger partial charge in [0, 0.05) is 0 Å². The minimum Gasteiger partial charge on any atom is -0.480 e. The Morgan fingerprint density at radius 2 is 2.17 bits per heavy atom. The minimum atomic E-state index is -4.45. The van der Waals surface area contributed by atoms with Crippen LogP contribution in [0.5, 0.6) is 0 Å². The van der Waals surface area contributed by atoms with E-state index in [-0.39, 0.29) is 0 Å². The second-order valence-corrected chi connectivity index (χ2v) is 2.08. The van der Waals surface area contributed by atoms with Crippen molar-refractivity contribution in [3.8, 4) is 0 Å². The molecule has 72 valence electrons. The third kappa shape index (κ3) is 5.93. The maximum Gasteiger partial charge on any atom is 0.413 e. The van der Waals surface area contributed by atoms with Crippen LogP contribution >= 0.6 is 0 Å². The van der Waals surface area contributed by atoms with Gasteiger partial charge in [-0.3, -0.25) is 9.63 Å². The Kier molecular flexibility index (Phi) is 3.98. The Bertz CT molecular complexity index is 159. The van der Waals surface area contributed by atoms with Gasteiger partial charge in [-0.1, -0.05) is 0 Å². The standard InChI is InChI=1S/C5H8F3NO3/c1-3(4(10)11)9-12-2-5(6,7)8/h3,9H,2H2,1H3,(H,10,11). The molecule has 12 heavy (non-hydrogen) atoms. The molecule has 0 saturated heterocycles. The number of aliphatic carboxylic acids is 1. The number of rotatable bonds is 4. The number of hydroxylamine groups is 1. The number of carboxylic acids is 1. The third-order valence-corrected chi connectivity index (χ3v) is 0.866. The highest BCUT2D eigenvalue weighted by Gasteiger charge is 2.28. The zero-order valence-corrected chi connectivity index (χ0v) is 6.18. The molecular formula is C5H8F3NO3. The molecule has 0 bridgehead atoms. The van der Waals surface area contributed by atoms with E-state index in [2.05, 4.69) is 4.84 Å². The lowest BCUT2D eigenvalue weighted by Gasteiger charge is -2.10. The van der Waals surface area contributed by atoms with Crippen LogP contribution in [-0.2, 0) is 9.63 Å². The molecule has 0 aliphatic heterocycles. The first kappa shape index (κ1) is 11.2. The highest BCUT2D eigenvalue weighted by molar-refractivity contribution is 5.72. The quantitative estimate of drug-likeness (QED) is 0.631. The van der Waals surface area contributed by atoms with E-state index < -0.39 is 24.8 Å².